The van der Waals surface area contributed by atoms with Gasteiger partial charge in [-0.25, -0.2) is 4.98 Å². The van der Waals surface area contributed by atoms with E-state index in [0.717, 1.165) is 40.2 Å². The fourth-order valence-electron chi connectivity index (χ4n) is 3.41. The van der Waals surface area contributed by atoms with E-state index >= 15 is 0 Å². The SMILES string of the molecule is COCOCC1CC2COc3c(SC(N=C(C)C)=C(C)C)ccnc3N2C1. The van der Waals surface area contributed by atoms with Crippen molar-refractivity contribution >= 4 is 23.3 Å². The molecule has 1 aromatic rings. The monoisotopic (exact) mass is 391 g/mol. The molecule has 0 bridgehead atoms. The Bertz CT molecular complexity index is 727. The molecule has 148 valence electrons. The van der Waals surface area contributed by atoms with E-state index < -0.39 is 0 Å². The van der Waals surface area contributed by atoms with Crippen molar-refractivity contribution < 1.29 is 14.2 Å². The predicted molar refractivity (Wildman–Crippen MR) is 110 cm³/mol. The van der Waals surface area contributed by atoms with Crippen LogP contribution >= 0.6 is 11.8 Å². The zero-order valence-electron chi connectivity index (χ0n) is 16.8. The molecule has 2 aliphatic rings. The number of aliphatic imine (C=N–C) groups is 1. The number of rotatable bonds is 7. The molecule has 2 aliphatic heterocycles. The van der Waals surface area contributed by atoms with Crippen molar-refractivity contribution in [1.82, 2.24) is 4.98 Å². The topological polar surface area (TPSA) is 56.2 Å². The fraction of sp³-hybridized carbons (Fsp3) is 0.600. The van der Waals surface area contributed by atoms with Crippen molar-refractivity contribution in [1.29, 1.82) is 0 Å². The standard InChI is InChI=1S/C20H29N3O3S/c1-13(2)20(22-14(3)4)27-17-6-7-21-19-18(17)26-11-16-8-15(9-23(16)19)10-25-12-24-5/h6-7,15-16H,8-12H2,1-5H3. The molecule has 1 aromatic heterocycles. The van der Waals surface area contributed by atoms with Gasteiger partial charge in [0.05, 0.1) is 22.6 Å². The molecule has 2 atom stereocenters. The molecule has 0 saturated carbocycles. The smallest absolute Gasteiger partial charge is 0.175 e. The number of anilines is 1. The highest BCUT2D eigenvalue weighted by Crippen LogP contribution is 2.45. The first-order valence-corrected chi connectivity index (χ1v) is 10.1. The van der Waals surface area contributed by atoms with Gasteiger partial charge in [0.15, 0.2) is 11.6 Å². The number of nitrogens with zero attached hydrogens (tertiary/aromatic N) is 3. The van der Waals surface area contributed by atoms with Gasteiger partial charge in [0.1, 0.15) is 13.4 Å². The summed E-state index contributed by atoms with van der Waals surface area (Å²) in [6.45, 7) is 10.9. The first-order chi connectivity index (χ1) is 13.0. The molecule has 6 nitrogen and oxygen atoms in total. The molecule has 0 N–H and O–H groups in total. The lowest BCUT2D eigenvalue weighted by Gasteiger charge is -2.33. The molecular formula is C20H29N3O3S. The number of fused-ring (bicyclic) bond motifs is 3. The third-order valence-electron chi connectivity index (χ3n) is 4.56. The van der Waals surface area contributed by atoms with Crippen LogP contribution in [0.15, 0.2) is 32.8 Å². The summed E-state index contributed by atoms with van der Waals surface area (Å²) in [4.78, 5) is 12.8. The molecule has 1 fully saturated rings. The molecule has 27 heavy (non-hydrogen) atoms. The van der Waals surface area contributed by atoms with E-state index in [1.165, 1.54) is 5.57 Å². The minimum Gasteiger partial charge on any atom is -0.486 e. The number of methoxy groups -OCH3 is 1. The first kappa shape index (κ1) is 20.2. The molecule has 0 spiro atoms. The lowest BCUT2D eigenvalue weighted by atomic mass is 10.1. The number of hydrogen-bond donors (Lipinski definition) is 0. The number of thioether (sulfide) groups is 1. The zero-order valence-corrected chi connectivity index (χ0v) is 17.6. The zero-order chi connectivity index (χ0) is 19.4. The number of pyridine rings is 1. The summed E-state index contributed by atoms with van der Waals surface area (Å²) < 4.78 is 16.7. The van der Waals surface area contributed by atoms with Crippen molar-refractivity contribution in [3.05, 3.63) is 22.9 Å². The van der Waals surface area contributed by atoms with E-state index in [-0.39, 0.29) is 0 Å². The second-order valence-electron chi connectivity index (χ2n) is 7.42. The van der Waals surface area contributed by atoms with Gasteiger partial charge in [-0.05, 0) is 45.8 Å². The summed E-state index contributed by atoms with van der Waals surface area (Å²) in [6, 6.07) is 2.38. The van der Waals surface area contributed by atoms with E-state index in [4.69, 9.17) is 14.2 Å². The van der Waals surface area contributed by atoms with Crippen LogP contribution in [0.25, 0.3) is 0 Å². The quantitative estimate of drug-likeness (QED) is 0.302. The third-order valence-corrected chi connectivity index (χ3v) is 5.79. The molecule has 0 aromatic carbocycles. The minimum absolute atomic E-state index is 0.343. The van der Waals surface area contributed by atoms with Crippen LogP contribution < -0.4 is 9.64 Å². The van der Waals surface area contributed by atoms with E-state index in [1.807, 2.05) is 26.1 Å². The van der Waals surface area contributed by atoms with Gasteiger partial charge in [-0.15, -0.1) is 0 Å². The van der Waals surface area contributed by atoms with Crippen LogP contribution in [-0.2, 0) is 9.47 Å². The molecule has 0 radical (unpaired) electrons. The van der Waals surface area contributed by atoms with Crippen LogP contribution in [0.3, 0.4) is 0 Å². The third kappa shape index (κ3) is 4.83. The fourth-order valence-corrected chi connectivity index (χ4v) is 4.43. The Kier molecular flexibility index (Phi) is 6.78. The highest BCUT2D eigenvalue weighted by atomic mass is 32.2. The van der Waals surface area contributed by atoms with Crippen molar-refractivity contribution in [3.63, 3.8) is 0 Å². The van der Waals surface area contributed by atoms with Gasteiger partial charge in [-0.2, -0.15) is 0 Å². The van der Waals surface area contributed by atoms with Crippen molar-refractivity contribution in [2.45, 2.75) is 45.1 Å². The molecule has 7 heteroatoms. The van der Waals surface area contributed by atoms with E-state index in [1.54, 1.807) is 18.9 Å². The molecule has 0 amide bonds. The minimum atomic E-state index is 0.343. The number of allylic oxidation sites excluding steroid dienone is 1. The Morgan fingerprint density at radius 1 is 1.37 bits per heavy atom. The Balaban J connectivity index is 1.79. The Hall–Kier alpha value is -1.57. The van der Waals surface area contributed by atoms with Crippen LogP contribution in [0.1, 0.15) is 34.1 Å². The summed E-state index contributed by atoms with van der Waals surface area (Å²) in [5, 5.41) is 1.02. The second kappa shape index (κ2) is 9.08. The molecule has 0 aliphatic carbocycles. The van der Waals surface area contributed by atoms with Crippen molar-refractivity contribution in [3.8, 4) is 5.75 Å². The Morgan fingerprint density at radius 3 is 2.89 bits per heavy atom. The van der Waals surface area contributed by atoms with Gasteiger partial charge < -0.3 is 19.1 Å². The molecule has 1 saturated heterocycles. The van der Waals surface area contributed by atoms with Crippen LogP contribution in [0.4, 0.5) is 5.82 Å². The number of hydrogen-bond acceptors (Lipinski definition) is 7. The van der Waals surface area contributed by atoms with E-state index in [9.17, 15) is 0 Å². The number of aromatic nitrogens is 1. The summed E-state index contributed by atoms with van der Waals surface area (Å²) in [5.74, 6) is 2.29. The average Bonchev–Trinajstić information content (AvgIpc) is 3.04. The van der Waals surface area contributed by atoms with E-state index in [2.05, 4.69) is 28.7 Å². The van der Waals surface area contributed by atoms with E-state index in [0.29, 0.717) is 32.0 Å². The number of ether oxygens (including phenoxy) is 3. The van der Waals surface area contributed by atoms with Gasteiger partial charge in [0, 0.05) is 31.5 Å². The molecule has 2 unspecified atom stereocenters. The normalized spacial score (nSPS) is 20.6. The van der Waals surface area contributed by atoms with Crippen LogP contribution in [0, 0.1) is 5.92 Å². The highest BCUT2D eigenvalue weighted by Gasteiger charge is 2.38. The maximum Gasteiger partial charge on any atom is 0.175 e. The first-order valence-electron chi connectivity index (χ1n) is 9.32. The van der Waals surface area contributed by atoms with Gasteiger partial charge in [-0.1, -0.05) is 11.8 Å². The largest absolute Gasteiger partial charge is 0.486 e. The maximum atomic E-state index is 6.17. The highest BCUT2D eigenvalue weighted by molar-refractivity contribution is 8.03. The summed E-state index contributed by atoms with van der Waals surface area (Å²) >= 11 is 1.65. The van der Waals surface area contributed by atoms with Gasteiger partial charge in [0.2, 0.25) is 0 Å². The molecule has 3 heterocycles. The summed E-state index contributed by atoms with van der Waals surface area (Å²) in [6.07, 6.45) is 2.92. The predicted octanol–water partition coefficient (Wildman–Crippen LogP) is 4.11. The van der Waals surface area contributed by atoms with Crippen LogP contribution in [0.2, 0.25) is 0 Å². The lowest BCUT2D eigenvalue weighted by Crippen LogP contribution is -2.39. The van der Waals surface area contributed by atoms with Crippen LogP contribution in [-0.4, -0.2) is 50.4 Å². The van der Waals surface area contributed by atoms with Crippen molar-refractivity contribution in [2.24, 2.45) is 10.9 Å². The summed E-state index contributed by atoms with van der Waals surface area (Å²) in [7, 11) is 1.65. The second-order valence-corrected chi connectivity index (χ2v) is 8.45. The lowest BCUT2D eigenvalue weighted by molar-refractivity contribution is -0.0414. The Labute approximate surface area is 166 Å². The maximum absolute atomic E-state index is 6.17. The van der Waals surface area contributed by atoms with Crippen molar-refractivity contribution in [2.75, 3.05) is 38.6 Å². The van der Waals surface area contributed by atoms with Gasteiger partial charge in [0.25, 0.3) is 0 Å². The molecular weight excluding hydrogens is 362 g/mol. The molecule has 3 rings (SSSR count). The van der Waals surface area contributed by atoms with Crippen LogP contribution in [0.5, 0.6) is 5.75 Å². The average molecular weight is 392 g/mol. The summed E-state index contributed by atoms with van der Waals surface area (Å²) in [5.41, 5.74) is 2.23. The van der Waals surface area contributed by atoms with Gasteiger partial charge in [-0.3, -0.25) is 4.99 Å². The van der Waals surface area contributed by atoms with Gasteiger partial charge >= 0.3 is 0 Å². The Morgan fingerprint density at radius 2 is 2.19 bits per heavy atom.